The highest BCUT2D eigenvalue weighted by molar-refractivity contribution is 5.78. The largest absolute Gasteiger partial charge is 0.424 e. The van der Waals surface area contributed by atoms with Gasteiger partial charge in [-0.25, -0.2) is 0 Å². The molecule has 2 saturated heterocycles. The predicted molar refractivity (Wildman–Crippen MR) is 92.8 cm³/mol. The van der Waals surface area contributed by atoms with Gasteiger partial charge in [-0.15, -0.1) is 10.2 Å². The number of carbonyl (C=O) groups is 1. The first kappa shape index (κ1) is 18.3. The molecule has 0 bridgehead atoms. The van der Waals surface area contributed by atoms with Gasteiger partial charge in [-0.05, 0) is 31.1 Å². The lowest BCUT2D eigenvalue weighted by atomic mass is 9.76. The zero-order valence-corrected chi connectivity index (χ0v) is 15.6. The zero-order valence-electron chi connectivity index (χ0n) is 15.6. The van der Waals surface area contributed by atoms with Crippen molar-refractivity contribution in [1.82, 2.24) is 20.0 Å². The third kappa shape index (κ3) is 3.87. The number of rotatable bonds is 5. The summed E-state index contributed by atoms with van der Waals surface area (Å²) in [6.07, 6.45) is 3.77. The van der Waals surface area contributed by atoms with Crippen molar-refractivity contribution < 1.29 is 14.3 Å². The lowest BCUT2D eigenvalue weighted by Crippen LogP contribution is -2.45. The number of aliphatic hydroxyl groups excluding tert-OH is 1. The summed E-state index contributed by atoms with van der Waals surface area (Å²) in [5, 5.41) is 17.4. The second kappa shape index (κ2) is 7.41. The lowest BCUT2D eigenvalue weighted by Gasteiger charge is -2.40. The monoisotopic (exact) mass is 350 g/mol. The molecule has 25 heavy (non-hydrogen) atoms. The van der Waals surface area contributed by atoms with Gasteiger partial charge in [0.1, 0.15) is 0 Å². The SMILES string of the molecule is Cc1nnc(C2CC3(CCN(C(=O)C(C)C)CC3)CN2CCCO)o1. The van der Waals surface area contributed by atoms with Crippen LogP contribution >= 0.6 is 0 Å². The molecule has 2 fully saturated rings. The summed E-state index contributed by atoms with van der Waals surface area (Å²) in [6, 6.07) is 0.125. The third-order valence-electron chi connectivity index (χ3n) is 5.67. The molecule has 1 spiro atoms. The maximum Gasteiger partial charge on any atom is 0.233 e. The van der Waals surface area contributed by atoms with Gasteiger partial charge in [0, 0.05) is 45.6 Å². The van der Waals surface area contributed by atoms with E-state index in [4.69, 9.17) is 4.42 Å². The number of hydrogen-bond donors (Lipinski definition) is 1. The van der Waals surface area contributed by atoms with Crippen LogP contribution in [0.2, 0.25) is 0 Å². The Bertz CT molecular complexity index is 593. The second-order valence-corrected chi connectivity index (χ2v) is 7.91. The van der Waals surface area contributed by atoms with Crippen LogP contribution in [0.3, 0.4) is 0 Å². The van der Waals surface area contributed by atoms with E-state index in [1.807, 2.05) is 25.7 Å². The Morgan fingerprint density at radius 1 is 1.36 bits per heavy atom. The first-order valence-electron chi connectivity index (χ1n) is 9.38. The van der Waals surface area contributed by atoms with Gasteiger partial charge >= 0.3 is 0 Å². The summed E-state index contributed by atoms with van der Waals surface area (Å²) >= 11 is 0. The van der Waals surface area contributed by atoms with Crippen molar-refractivity contribution in [1.29, 1.82) is 0 Å². The second-order valence-electron chi connectivity index (χ2n) is 7.91. The van der Waals surface area contributed by atoms with Gasteiger partial charge in [0.15, 0.2) is 0 Å². The highest BCUT2D eigenvalue weighted by Gasteiger charge is 2.47. The summed E-state index contributed by atoms with van der Waals surface area (Å²) in [4.78, 5) is 16.6. The minimum absolute atomic E-state index is 0.0628. The molecule has 7 heteroatoms. The van der Waals surface area contributed by atoms with Gasteiger partial charge in [0.05, 0.1) is 6.04 Å². The quantitative estimate of drug-likeness (QED) is 0.871. The Labute approximate surface area is 149 Å². The van der Waals surface area contributed by atoms with Crippen molar-refractivity contribution in [3.63, 3.8) is 0 Å². The van der Waals surface area contributed by atoms with E-state index >= 15 is 0 Å². The highest BCUT2D eigenvalue weighted by Crippen LogP contribution is 2.48. The summed E-state index contributed by atoms with van der Waals surface area (Å²) < 4.78 is 5.71. The molecule has 0 aromatic carbocycles. The molecular formula is C18H30N4O3. The molecule has 7 nitrogen and oxygen atoms in total. The van der Waals surface area contributed by atoms with Crippen LogP contribution in [0.1, 0.15) is 57.4 Å². The summed E-state index contributed by atoms with van der Waals surface area (Å²) in [7, 11) is 0. The standard InChI is InChI=1S/C18H30N4O3/c1-13(2)17(24)21-8-5-18(6-9-21)11-15(16-20-19-14(3)25-16)22(12-18)7-4-10-23/h13,15,23H,4-12H2,1-3H3. The number of amides is 1. The molecule has 0 saturated carbocycles. The highest BCUT2D eigenvalue weighted by atomic mass is 16.4. The summed E-state index contributed by atoms with van der Waals surface area (Å²) in [5.41, 5.74) is 0.205. The minimum Gasteiger partial charge on any atom is -0.424 e. The van der Waals surface area contributed by atoms with Crippen molar-refractivity contribution in [3.05, 3.63) is 11.8 Å². The van der Waals surface area contributed by atoms with Gasteiger partial charge in [-0.3, -0.25) is 9.69 Å². The van der Waals surface area contributed by atoms with Gasteiger partial charge in [-0.2, -0.15) is 0 Å². The van der Waals surface area contributed by atoms with Crippen LogP contribution in [-0.2, 0) is 4.79 Å². The van der Waals surface area contributed by atoms with Crippen molar-refractivity contribution in [2.75, 3.05) is 32.8 Å². The molecule has 0 aliphatic carbocycles. The van der Waals surface area contributed by atoms with Gasteiger partial charge in [0.25, 0.3) is 0 Å². The molecule has 1 N–H and O–H groups in total. The number of piperidine rings is 1. The Morgan fingerprint density at radius 2 is 2.08 bits per heavy atom. The van der Waals surface area contributed by atoms with Crippen LogP contribution in [0.15, 0.2) is 4.42 Å². The van der Waals surface area contributed by atoms with Gasteiger partial charge in [-0.1, -0.05) is 13.8 Å². The molecule has 2 aliphatic rings. The van der Waals surface area contributed by atoms with Crippen molar-refractivity contribution in [2.24, 2.45) is 11.3 Å². The summed E-state index contributed by atoms with van der Waals surface area (Å²) in [5.74, 6) is 1.60. The fourth-order valence-corrected chi connectivity index (χ4v) is 4.27. The van der Waals surface area contributed by atoms with Crippen LogP contribution in [0.4, 0.5) is 0 Å². The Kier molecular flexibility index (Phi) is 5.43. The molecule has 3 rings (SSSR count). The number of aliphatic hydroxyl groups is 1. The molecular weight excluding hydrogens is 320 g/mol. The van der Waals surface area contributed by atoms with E-state index in [1.54, 1.807) is 0 Å². The van der Waals surface area contributed by atoms with E-state index in [0.717, 1.165) is 51.9 Å². The average Bonchev–Trinajstić information content (AvgIpc) is 3.17. The van der Waals surface area contributed by atoms with E-state index in [-0.39, 0.29) is 29.9 Å². The topological polar surface area (TPSA) is 82.7 Å². The van der Waals surface area contributed by atoms with Crippen LogP contribution in [0, 0.1) is 18.3 Å². The first-order valence-corrected chi connectivity index (χ1v) is 9.38. The Balaban J connectivity index is 1.70. The fraction of sp³-hybridized carbons (Fsp3) is 0.833. The fourth-order valence-electron chi connectivity index (χ4n) is 4.27. The first-order chi connectivity index (χ1) is 11.9. The molecule has 0 radical (unpaired) electrons. The summed E-state index contributed by atoms with van der Waals surface area (Å²) in [6.45, 7) is 9.41. The van der Waals surface area contributed by atoms with E-state index < -0.39 is 0 Å². The number of nitrogens with zero attached hydrogens (tertiary/aromatic N) is 4. The average molecular weight is 350 g/mol. The maximum absolute atomic E-state index is 12.2. The number of likely N-dealkylation sites (tertiary alicyclic amines) is 2. The molecule has 1 unspecified atom stereocenters. The van der Waals surface area contributed by atoms with Crippen LogP contribution in [-0.4, -0.2) is 63.8 Å². The lowest BCUT2D eigenvalue weighted by molar-refractivity contribution is -0.136. The van der Waals surface area contributed by atoms with Crippen molar-refractivity contribution in [2.45, 2.75) is 52.5 Å². The van der Waals surface area contributed by atoms with E-state index in [9.17, 15) is 9.90 Å². The van der Waals surface area contributed by atoms with E-state index in [2.05, 4.69) is 15.1 Å². The molecule has 140 valence electrons. The van der Waals surface area contributed by atoms with Crippen molar-refractivity contribution >= 4 is 5.91 Å². The molecule has 1 aromatic heterocycles. The van der Waals surface area contributed by atoms with Crippen molar-refractivity contribution in [3.8, 4) is 0 Å². The molecule has 2 aliphatic heterocycles. The maximum atomic E-state index is 12.2. The van der Waals surface area contributed by atoms with Crippen LogP contribution < -0.4 is 0 Å². The Hall–Kier alpha value is -1.47. The predicted octanol–water partition coefficient (Wildman–Crippen LogP) is 1.77. The van der Waals surface area contributed by atoms with Crippen LogP contribution in [0.5, 0.6) is 0 Å². The number of aryl methyl sites for hydroxylation is 1. The number of hydrogen-bond acceptors (Lipinski definition) is 6. The van der Waals surface area contributed by atoms with Gasteiger partial charge < -0.3 is 14.4 Å². The Morgan fingerprint density at radius 3 is 2.64 bits per heavy atom. The normalized spacial score (nSPS) is 23.7. The van der Waals surface area contributed by atoms with Crippen LogP contribution in [0.25, 0.3) is 0 Å². The van der Waals surface area contributed by atoms with E-state index in [1.165, 1.54) is 0 Å². The minimum atomic E-state index is 0.0628. The zero-order chi connectivity index (χ0) is 18.0. The molecule has 1 amide bonds. The molecule has 1 aromatic rings. The molecule has 3 heterocycles. The number of carbonyl (C=O) groups excluding carboxylic acids is 1. The van der Waals surface area contributed by atoms with E-state index in [0.29, 0.717) is 11.8 Å². The molecule has 1 atom stereocenters. The number of aromatic nitrogens is 2. The smallest absolute Gasteiger partial charge is 0.233 e. The van der Waals surface area contributed by atoms with Gasteiger partial charge in [0.2, 0.25) is 17.7 Å². The third-order valence-corrected chi connectivity index (χ3v) is 5.67.